The van der Waals surface area contributed by atoms with Crippen LogP contribution in [0.1, 0.15) is 51.0 Å². The van der Waals surface area contributed by atoms with Gasteiger partial charge in [-0.2, -0.15) is 5.26 Å². The van der Waals surface area contributed by atoms with E-state index in [1.165, 1.54) is 12.5 Å². The number of anilines is 1. The van der Waals surface area contributed by atoms with E-state index in [4.69, 9.17) is 5.73 Å². The van der Waals surface area contributed by atoms with Crippen molar-refractivity contribution >= 4 is 17.4 Å². The number of rotatable bonds is 7. The number of hydrogen-bond donors (Lipinski definition) is 2. The number of allylic oxidation sites excluding steroid dienone is 3. The summed E-state index contributed by atoms with van der Waals surface area (Å²) in [5.74, 6) is 1.10. The lowest BCUT2D eigenvalue weighted by molar-refractivity contribution is -0.133. The minimum absolute atomic E-state index is 0.226. The maximum atomic E-state index is 12.9. The normalized spacial score (nSPS) is 19.6. The van der Waals surface area contributed by atoms with E-state index in [1.54, 1.807) is 13.2 Å². The van der Waals surface area contributed by atoms with Crippen LogP contribution in [0, 0.1) is 16.7 Å². The number of aromatic nitrogens is 1. The Hall–Kier alpha value is -3.14. The summed E-state index contributed by atoms with van der Waals surface area (Å²) in [6.07, 6.45) is 9.11. The highest BCUT2D eigenvalue weighted by Gasteiger charge is 2.41. The van der Waals surface area contributed by atoms with Gasteiger partial charge in [-0.3, -0.25) is 9.79 Å². The number of nitrogens with one attached hydrogen (secondary N) is 1. The molecule has 2 fully saturated rings. The van der Waals surface area contributed by atoms with Gasteiger partial charge >= 0.3 is 0 Å². The Balaban J connectivity index is 1.68. The van der Waals surface area contributed by atoms with E-state index in [1.807, 2.05) is 18.2 Å². The summed E-state index contributed by atoms with van der Waals surface area (Å²) >= 11 is 0. The minimum Gasteiger partial charge on any atom is -0.396 e. The van der Waals surface area contributed by atoms with Crippen LogP contribution in [0.5, 0.6) is 0 Å². The van der Waals surface area contributed by atoms with Gasteiger partial charge in [-0.05, 0) is 56.7 Å². The molecular weight excluding hydrogens is 388 g/mol. The summed E-state index contributed by atoms with van der Waals surface area (Å²) < 4.78 is 0. The van der Waals surface area contributed by atoms with Crippen LogP contribution in [0.2, 0.25) is 0 Å². The van der Waals surface area contributed by atoms with Crippen LogP contribution < -0.4 is 16.0 Å². The lowest BCUT2D eigenvalue weighted by atomic mass is 9.74. The molecule has 0 unspecified atom stereocenters. The molecule has 0 aromatic carbocycles. The number of aliphatic imine (C=N–C) groups is 1. The quantitative estimate of drug-likeness (QED) is 0.400. The Morgan fingerprint density at radius 1 is 1.45 bits per heavy atom. The number of amides is 1. The molecule has 1 aliphatic heterocycles. The average Bonchev–Trinajstić information content (AvgIpc) is 2.78. The Kier molecular flexibility index (Phi) is 7.11. The topological polar surface area (TPSA) is 107 Å². The molecule has 2 heterocycles. The number of carbonyl (C=O) groups is 1. The molecule has 1 saturated heterocycles. The van der Waals surface area contributed by atoms with Crippen molar-refractivity contribution in [2.24, 2.45) is 16.1 Å². The summed E-state index contributed by atoms with van der Waals surface area (Å²) in [4.78, 5) is 24.0. The first kappa shape index (κ1) is 22.5. The predicted octanol–water partition coefficient (Wildman–Crippen LogP) is 3.09. The summed E-state index contributed by atoms with van der Waals surface area (Å²) in [6, 6.07) is 6.27. The number of nitrogens with zero attached hydrogens (tertiary/aromatic N) is 4. The van der Waals surface area contributed by atoms with Gasteiger partial charge in [-0.15, -0.1) is 0 Å². The van der Waals surface area contributed by atoms with Crippen molar-refractivity contribution in [3.8, 4) is 6.07 Å². The molecule has 164 valence electrons. The fraction of sp³-hybridized carbons (Fsp3) is 0.500. The van der Waals surface area contributed by atoms with E-state index in [2.05, 4.69) is 33.7 Å². The molecule has 0 bridgehead atoms. The van der Waals surface area contributed by atoms with E-state index >= 15 is 0 Å². The first-order valence-electron chi connectivity index (χ1n) is 11.0. The van der Waals surface area contributed by atoms with Crippen molar-refractivity contribution in [1.29, 1.82) is 5.26 Å². The SMILES string of the molecule is C=C/C(C#N)=C(\N)C(=NC)c1ccc(N2CCC(CC)(C(=O)NC3CCC3)CC2)nc1. The van der Waals surface area contributed by atoms with Crippen LogP contribution in [0.25, 0.3) is 0 Å². The van der Waals surface area contributed by atoms with E-state index < -0.39 is 0 Å². The van der Waals surface area contributed by atoms with Crippen LogP contribution in [-0.4, -0.2) is 42.8 Å². The maximum absolute atomic E-state index is 12.9. The predicted molar refractivity (Wildman–Crippen MR) is 124 cm³/mol. The molecular formula is C24H32N6O. The molecule has 1 aliphatic carbocycles. The van der Waals surface area contributed by atoms with Gasteiger partial charge in [0.25, 0.3) is 0 Å². The first-order valence-corrected chi connectivity index (χ1v) is 11.0. The van der Waals surface area contributed by atoms with E-state index in [0.29, 0.717) is 11.8 Å². The third-order valence-corrected chi connectivity index (χ3v) is 6.76. The van der Waals surface area contributed by atoms with Gasteiger partial charge in [0, 0.05) is 37.9 Å². The van der Waals surface area contributed by atoms with Crippen LogP contribution in [0.3, 0.4) is 0 Å². The third-order valence-electron chi connectivity index (χ3n) is 6.76. The van der Waals surface area contributed by atoms with Gasteiger partial charge in [-0.25, -0.2) is 4.98 Å². The van der Waals surface area contributed by atoms with Gasteiger partial charge in [0.05, 0.1) is 22.4 Å². The number of carbonyl (C=O) groups excluding carboxylic acids is 1. The summed E-state index contributed by atoms with van der Waals surface area (Å²) in [7, 11) is 1.64. The van der Waals surface area contributed by atoms with Gasteiger partial charge in [0.1, 0.15) is 11.9 Å². The number of pyridine rings is 1. The third kappa shape index (κ3) is 4.63. The van der Waals surface area contributed by atoms with Crippen molar-refractivity contribution < 1.29 is 4.79 Å². The van der Waals surface area contributed by atoms with E-state index in [9.17, 15) is 10.1 Å². The first-order chi connectivity index (χ1) is 15.0. The lowest BCUT2D eigenvalue weighted by Gasteiger charge is -2.42. The van der Waals surface area contributed by atoms with Crippen molar-refractivity contribution in [3.63, 3.8) is 0 Å². The summed E-state index contributed by atoms with van der Waals surface area (Å²) in [5.41, 5.74) is 7.68. The molecule has 31 heavy (non-hydrogen) atoms. The van der Waals surface area contributed by atoms with Crippen LogP contribution in [0.4, 0.5) is 5.82 Å². The zero-order valence-electron chi connectivity index (χ0n) is 18.5. The molecule has 7 heteroatoms. The molecule has 1 amide bonds. The Bertz CT molecular complexity index is 912. The molecule has 3 N–H and O–H groups in total. The van der Waals surface area contributed by atoms with Crippen molar-refractivity contribution in [1.82, 2.24) is 10.3 Å². The summed E-state index contributed by atoms with van der Waals surface area (Å²) in [5, 5.41) is 12.5. The number of hydrogen-bond acceptors (Lipinski definition) is 6. The maximum Gasteiger partial charge on any atom is 0.226 e. The average molecular weight is 421 g/mol. The summed E-state index contributed by atoms with van der Waals surface area (Å²) in [6.45, 7) is 7.34. The second-order valence-corrected chi connectivity index (χ2v) is 8.34. The van der Waals surface area contributed by atoms with Crippen LogP contribution >= 0.6 is 0 Å². The lowest BCUT2D eigenvalue weighted by Crippen LogP contribution is -2.52. The largest absolute Gasteiger partial charge is 0.396 e. The monoisotopic (exact) mass is 420 g/mol. The Morgan fingerprint density at radius 3 is 2.61 bits per heavy atom. The molecule has 0 radical (unpaired) electrons. The van der Waals surface area contributed by atoms with Crippen LogP contribution in [-0.2, 0) is 4.79 Å². The minimum atomic E-state index is -0.272. The molecule has 2 aliphatic rings. The highest BCUT2D eigenvalue weighted by Crippen LogP contribution is 2.37. The second-order valence-electron chi connectivity index (χ2n) is 8.34. The molecule has 1 aromatic rings. The molecule has 3 rings (SSSR count). The van der Waals surface area contributed by atoms with E-state index in [0.717, 1.165) is 56.6 Å². The molecule has 0 atom stereocenters. The van der Waals surface area contributed by atoms with Crippen molar-refractivity contribution in [2.75, 3.05) is 25.0 Å². The standard InChI is InChI=1S/C24H32N6O/c1-4-17(15-25)21(26)22(27-3)18-9-10-20(28-16-18)30-13-11-24(5-2,12-14-30)23(31)29-19-7-6-8-19/h4,9-10,16,19H,1,5-8,11-14,26H2,2-3H3,(H,29,31)/b21-17+,27-22?. The fourth-order valence-corrected chi connectivity index (χ4v) is 4.26. The second kappa shape index (κ2) is 9.78. The van der Waals surface area contributed by atoms with Gasteiger partial charge in [-0.1, -0.05) is 13.5 Å². The van der Waals surface area contributed by atoms with Crippen molar-refractivity contribution in [2.45, 2.75) is 51.5 Å². The number of nitrogens with two attached hydrogens (primary N) is 1. The van der Waals surface area contributed by atoms with Gasteiger partial charge in [0.15, 0.2) is 0 Å². The fourth-order valence-electron chi connectivity index (χ4n) is 4.26. The smallest absolute Gasteiger partial charge is 0.226 e. The highest BCUT2D eigenvalue weighted by atomic mass is 16.2. The van der Waals surface area contributed by atoms with Crippen LogP contribution in [0.15, 0.2) is 47.2 Å². The zero-order valence-corrected chi connectivity index (χ0v) is 18.5. The molecule has 1 saturated carbocycles. The number of piperidine rings is 1. The number of nitriles is 1. The molecule has 1 aromatic heterocycles. The van der Waals surface area contributed by atoms with Crippen molar-refractivity contribution in [3.05, 3.63) is 47.8 Å². The molecule has 7 nitrogen and oxygen atoms in total. The van der Waals surface area contributed by atoms with E-state index in [-0.39, 0.29) is 22.6 Å². The molecule has 0 spiro atoms. The van der Waals surface area contributed by atoms with Gasteiger partial charge < -0.3 is 16.0 Å². The Morgan fingerprint density at radius 2 is 2.16 bits per heavy atom. The van der Waals surface area contributed by atoms with Gasteiger partial charge in [0.2, 0.25) is 5.91 Å². The Labute approximate surface area is 184 Å². The highest BCUT2D eigenvalue weighted by molar-refractivity contribution is 6.12. The zero-order chi connectivity index (χ0) is 22.4.